The van der Waals surface area contributed by atoms with Crippen molar-refractivity contribution in [1.82, 2.24) is 60.4 Å². The van der Waals surface area contributed by atoms with Gasteiger partial charge in [0.15, 0.2) is 0 Å². The van der Waals surface area contributed by atoms with E-state index in [2.05, 4.69) is 481 Å². The summed E-state index contributed by atoms with van der Waals surface area (Å²) in [6.45, 7) is 26.9. The largest absolute Gasteiger partial charge is 0.456 e. The lowest BCUT2D eigenvalue weighted by atomic mass is 10.0. The highest BCUT2D eigenvalue weighted by Crippen LogP contribution is 2.46. The first-order chi connectivity index (χ1) is 67.0. The zero-order valence-electron chi connectivity index (χ0n) is 78.8. The molecule has 0 bridgehead atoms. The number of hydrogen-bond acceptors (Lipinski definition) is 7. The van der Waals surface area contributed by atoms with Gasteiger partial charge >= 0.3 is 0 Å². The van der Waals surface area contributed by atoms with Crippen molar-refractivity contribution >= 4 is 218 Å². The molecule has 14 nitrogen and oxygen atoms in total. The lowest BCUT2D eigenvalue weighted by Crippen LogP contribution is -2.21. The van der Waals surface area contributed by atoms with E-state index in [1.165, 1.54) is 145 Å². The van der Waals surface area contributed by atoms with Crippen LogP contribution < -0.4 is 0 Å². The van der Waals surface area contributed by atoms with E-state index in [4.69, 9.17) is 24.4 Å². The van der Waals surface area contributed by atoms with Crippen LogP contribution in [-0.4, -0.2) is 60.4 Å². The SMILES string of the molecule is CC(C)(C)n1c2ccccc2n2c3ccc(-c4ccc5c(c4)c4ccccc4n5-c4ccccc4)cc3nc12.CC(C)(C)n1c2ccccc2n2c3ccc(-c4ccc5oc6ccccc6c5c4)cc3nc12.CC(C)(C)n1c2ccccc2n2c3ccc(-c4ccc5sc6ccccc6c5c4)cc3nc12.CC(C)(C)n1c2ccccc2n2c3ccc(-c4cccc5c4sc4ccccc45)cc3nc12. The maximum atomic E-state index is 6.01. The molecule has 0 radical (unpaired) electrons. The van der Waals surface area contributed by atoms with Crippen LogP contribution in [0.3, 0.4) is 0 Å². The second-order valence-corrected chi connectivity index (χ2v) is 42.7. The Balaban J connectivity index is 0.0000000953. The predicted octanol–water partition coefficient (Wildman–Crippen LogP) is 33.2. The zero-order valence-corrected chi connectivity index (χ0v) is 80.4. The van der Waals surface area contributed by atoms with E-state index in [0.29, 0.717) is 0 Å². The van der Waals surface area contributed by atoms with Crippen LogP contribution in [0.4, 0.5) is 0 Å². The molecule has 0 unspecified atom stereocenters. The molecule has 0 spiro atoms. The Labute approximate surface area is 802 Å². The number of hydrogen-bond donors (Lipinski definition) is 0. The quantitative estimate of drug-likeness (QED) is 0.171. The van der Waals surface area contributed by atoms with Crippen LogP contribution in [0, 0.1) is 0 Å². The molecule has 138 heavy (non-hydrogen) atoms. The Kier molecular flexibility index (Phi) is 18.4. The van der Waals surface area contributed by atoms with Crippen molar-refractivity contribution in [3.05, 3.63) is 370 Å². The number of nitrogens with zero attached hydrogens (tertiary/aromatic N) is 13. The van der Waals surface area contributed by atoms with Gasteiger partial charge in [-0.25, -0.2) is 19.9 Å². The van der Waals surface area contributed by atoms with E-state index in [-0.39, 0.29) is 22.2 Å². The van der Waals surface area contributed by atoms with Gasteiger partial charge in [-0.15, -0.1) is 22.7 Å². The van der Waals surface area contributed by atoms with Gasteiger partial charge in [0.2, 0.25) is 23.1 Å². The third kappa shape index (κ3) is 13.0. The van der Waals surface area contributed by atoms with Crippen molar-refractivity contribution in [1.29, 1.82) is 0 Å². The first-order valence-corrected chi connectivity index (χ1v) is 49.1. The summed E-state index contributed by atoms with van der Waals surface area (Å²) in [4.78, 5) is 20.6. The van der Waals surface area contributed by atoms with E-state index in [1.54, 1.807) is 0 Å². The maximum absolute atomic E-state index is 6.01. The summed E-state index contributed by atoms with van der Waals surface area (Å²) in [5.41, 5.74) is 33.0. The fraction of sp³-hybridized carbons (Fsp3) is 0.131. The van der Waals surface area contributed by atoms with Gasteiger partial charge in [0.25, 0.3) is 0 Å². The molecule has 0 aliphatic heterocycles. The first-order valence-electron chi connectivity index (χ1n) is 47.5. The van der Waals surface area contributed by atoms with E-state index >= 15 is 0 Å². The van der Waals surface area contributed by atoms with Gasteiger partial charge in [-0.1, -0.05) is 200 Å². The molecule has 16 heteroatoms. The Bertz CT molecular complexity index is 9780. The third-order valence-electron chi connectivity index (χ3n) is 27.6. The molecule has 12 heterocycles. The van der Waals surface area contributed by atoms with Crippen LogP contribution >= 0.6 is 22.7 Å². The van der Waals surface area contributed by atoms with Gasteiger partial charge in [0.1, 0.15) is 11.2 Å². The second-order valence-electron chi connectivity index (χ2n) is 40.6. The number of furan rings is 1. The minimum Gasteiger partial charge on any atom is -0.456 e. The molecule has 0 fully saturated rings. The predicted molar refractivity (Wildman–Crippen MR) is 582 cm³/mol. The van der Waals surface area contributed by atoms with Gasteiger partial charge in [0.05, 0.1) is 99.3 Å². The van der Waals surface area contributed by atoms with Gasteiger partial charge in [-0.2, -0.15) is 0 Å². The molecular weight excluding hydrogens is 1730 g/mol. The monoisotopic (exact) mass is 1820 g/mol. The summed E-state index contributed by atoms with van der Waals surface area (Å²) in [7, 11) is 0. The third-order valence-corrected chi connectivity index (χ3v) is 30.0. The number of benzene rings is 17. The van der Waals surface area contributed by atoms with Crippen LogP contribution in [0.1, 0.15) is 83.1 Å². The van der Waals surface area contributed by atoms with Crippen molar-refractivity contribution in [3.63, 3.8) is 0 Å². The van der Waals surface area contributed by atoms with E-state index < -0.39 is 0 Å². The first kappa shape index (κ1) is 82.5. The number of aromatic nitrogens is 13. The minimum atomic E-state index is -0.0907. The molecule has 12 aromatic heterocycles. The Morgan fingerprint density at radius 1 is 0.210 bits per heavy atom. The number of imidazole rings is 8. The number of thiophene rings is 2. The molecule has 0 saturated carbocycles. The standard InChI is InChI=1S/C35H28N4.C29H23N3O.2C29H23N3S/c1-35(2,3)39-33-16-10-9-15-32(33)38-31-20-18-24(22-28(31)36-34(38)39)23-17-19-30-27(21-23)26-13-7-8-14-29(26)37(30)25-11-5-4-6-12-25;1-29(2,3)32-25-10-6-5-9-24(25)31-23-14-12-19(17-22(23)30-28(31)32)18-13-15-27-21(16-18)20-8-4-7-11-26(20)33-27;1-29(2,3)32-25-13-6-5-12-24(25)31-23-16-15-18(17-22(23)30-28(31)32)19-10-8-11-21-20-9-4-7-14-26(20)33-27(19)21;1-29(2,3)32-25-10-6-5-9-24(25)31-23-14-12-19(17-22(23)30-28(31)32)18-13-15-27-21(16-18)20-8-4-7-11-26(20)33-27/h4-22H,1-3H3;3*4-17H,1-3H3. The summed E-state index contributed by atoms with van der Waals surface area (Å²) in [5.74, 6) is 3.95. The molecule has 29 aromatic rings. The van der Waals surface area contributed by atoms with Crippen molar-refractivity contribution in [2.75, 3.05) is 0 Å². The molecule has 0 amide bonds. The molecular formula is C122H97N13OS2. The topological polar surface area (TPSA) is 107 Å². The summed E-state index contributed by atoms with van der Waals surface area (Å²) in [6.07, 6.45) is 0. The lowest BCUT2D eigenvalue weighted by Gasteiger charge is -2.22. The Morgan fingerprint density at radius 2 is 0.522 bits per heavy atom. The van der Waals surface area contributed by atoms with Gasteiger partial charge in [0, 0.05) is 89.7 Å². The van der Waals surface area contributed by atoms with Gasteiger partial charge in [-0.3, -0.25) is 17.6 Å². The summed E-state index contributed by atoms with van der Waals surface area (Å²) < 4.78 is 32.3. The number of fused-ring (bicyclic) bond motifs is 32. The van der Waals surface area contributed by atoms with Crippen LogP contribution in [0.2, 0.25) is 0 Å². The van der Waals surface area contributed by atoms with E-state index in [0.717, 1.165) is 100 Å². The highest BCUT2D eigenvalue weighted by Gasteiger charge is 2.30. The number of rotatable bonds is 5. The molecule has 668 valence electrons. The highest BCUT2D eigenvalue weighted by atomic mass is 32.1. The highest BCUT2D eigenvalue weighted by molar-refractivity contribution is 7.26. The fourth-order valence-electron chi connectivity index (χ4n) is 21.8. The van der Waals surface area contributed by atoms with Crippen molar-refractivity contribution in [3.8, 4) is 50.2 Å². The maximum Gasteiger partial charge on any atom is 0.216 e. The van der Waals surface area contributed by atoms with Gasteiger partial charge < -0.3 is 27.3 Å². The van der Waals surface area contributed by atoms with Crippen LogP contribution in [0.5, 0.6) is 0 Å². The molecule has 0 aliphatic carbocycles. The Hall–Kier alpha value is -16.1. The normalized spacial score (nSPS) is 12.6. The van der Waals surface area contributed by atoms with Crippen molar-refractivity contribution < 1.29 is 4.42 Å². The van der Waals surface area contributed by atoms with E-state index in [1.807, 2.05) is 34.8 Å². The number of para-hydroxylation sites is 11. The molecule has 0 atom stereocenters. The molecule has 29 rings (SSSR count). The second kappa shape index (κ2) is 30.7. The molecule has 17 aromatic carbocycles. The zero-order chi connectivity index (χ0) is 93.3. The van der Waals surface area contributed by atoms with Crippen molar-refractivity contribution in [2.24, 2.45) is 0 Å². The smallest absolute Gasteiger partial charge is 0.216 e. The van der Waals surface area contributed by atoms with Gasteiger partial charge in [-0.05, 0) is 297 Å². The average Bonchev–Trinajstić information content (AvgIpc) is 1.58. The lowest BCUT2D eigenvalue weighted by molar-refractivity contribution is 0.418. The molecule has 0 aliphatic rings. The van der Waals surface area contributed by atoms with Crippen molar-refractivity contribution in [2.45, 2.75) is 105 Å². The van der Waals surface area contributed by atoms with Crippen LogP contribution in [-0.2, 0) is 22.2 Å². The molecule has 0 N–H and O–H groups in total. The molecule has 0 saturated heterocycles. The fourth-order valence-corrected chi connectivity index (χ4v) is 24.1. The average molecular weight is 1830 g/mol. The Morgan fingerprint density at radius 3 is 0.986 bits per heavy atom. The summed E-state index contributed by atoms with van der Waals surface area (Å²) >= 11 is 3.73. The summed E-state index contributed by atoms with van der Waals surface area (Å²) in [5, 5.41) is 10.1. The minimum absolute atomic E-state index is 0.0698. The van der Waals surface area contributed by atoms with Crippen LogP contribution in [0.15, 0.2) is 374 Å². The summed E-state index contributed by atoms with van der Waals surface area (Å²) in [6, 6.07) is 133. The van der Waals surface area contributed by atoms with E-state index in [9.17, 15) is 0 Å². The van der Waals surface area contributed by atoms with Crippen LogP contribution in [0.25, 0.3) is 246 Å².